The molecule has 0 saturated carbocycles. The van der Waals surface area contributed by atoms with E-state index in [1.807, 2.05) is 24.3 Å². The number of nitrogen functional groups attached to an aromatic ring is 1. The van der Waals surface area contributed by atoms with Crippen molar-refractivity contribution in [3.63, 3.8) is 0 Å². The summed E-state index contributed by atoms with van der Waals surface area (Å²) in [5, 5.41) is 15.3. The number of methoxy groups -OCH3 is 1. The zero-order valence-electron chi connectivity index (χ0n) is 13.7. The van der Waals surface area contributed by atoms with Crippen molar-refractivity contribution in [2.75, 3.05) is 18.2 Å². The molecule has 0 aliphatic heterocycles. The van der Waals surface area contributed by atoms with Crippen LogP contribution in [0, 0.1) is 5.41 Å². The molecule has 0 amide bonds. The summed E-state index contributed by atoms with van der Waals surface area (Å²) in [6.45, 7) is 0. The molecule has 25 heavy (non-hydrogen) atoms. The average molecular weight is 357 g/mol. The fourth-order valence-electron chi connectivity index (χ4n) is 2.35. The fourth-order valence-corrected chi connectivity index (χ4v) is 2.62. The van der Waals surface area contributed by atoms with Gasteiger partial charge in [0, 0.05) is 30.1 Å². The van der Waals surface area contributed by atoms with E-state index in [0.717, 1.165) is 17.5 Å². The summed E-state index contributed by atoms with van der Waals surface area (Å²) in [7, 11) is 3.39. The summed E-state index contributed by atoms with van der Waals surface area (Å²) < 4.78 is 6.85. The molecule has 3 rings (SSSR count). The van der Waals surface area contributed by atoms with Crippen molar-refractivity contribution in [2.24, 2.45) is 7.05 Å². The maximum Gasteiger partial charge on any atom is 0.225 e. The minimum atomic E-state index is 0.362. The zero-order valence-corrected chi connectivity index (χ0v) is 14.5. The molecular formula is C17H17ClN6O. The van der Waals surface area contributed by atoms with Crippen molar-refractivity contribution >= 4 is 35.1 Å². The quantitative estimate of drug-likeness (QED) is 0.480. The van der Waals surface area contributed by atoms with Gasteiger partial charge in [-0.25, -0.2) is 4.68 Å². The second kappa shape index (κ2) is 6.82. The SMILES string of the molecule is COc1cccc(-c2nc(Nc3ccc(N)c(C=N)c3Cl)n(C)n2)c1. The second-order valence-electron chi connectivity index (χ2n) is 5.31. The van der Waals surface area contributed by atoms with Gasteiger partial charge in [0.25, 0.3) is 0 Å². The molecule has 0 spiro atoms. The van der Waals surface area contributed by atoms with Crippen LogP contribution in [0.25, 0.3) is 11.4 Å². The smallest absolute Gasteiger partial charge is 0.225 e. The van der Waals surface area contributed by atoms with Gasteiger partial charge in [-0.1, -0.05) is 23.7 Å². The summed E-state index contributed by atoms with van der Waals surface area (Å²) >= 11 is 6.31. The van der Waals surface area contributed by atoms with Gasteiger partial charge in [0.2, 0.25) is 5.95 Å². The Morgan fingerprint density at radius 1 is 1.32 bits per heavy atom. The third-order valence-electron chi connectivity index (χ3n) is 3.70. The highest BCUT2D eigenvalue weighted by Gasteiger charge is 2.13. The van der Waals surface area contributed by atoms with Crippen LogP contribution in [0.15, 0.2) is 36.4 Å². The van der Waals surface area contributed by atoms with Gasteiger partial charge >= 0.3 is 0 Å². The summed E-state index contributed by atoms with van der Waals surface area (Å²) in [4.78, 5) is 4.51. The topological polar surface area (TPSA) is 102 Å². The monoisotopic (exact) mass is 356 g/mol. The predicted molar refractivity (Wildman–Crippen MR) is 100 cm³/mol. The normalized spacial score (nSPS) is 10.5. The van der Waals surface area contributed by atoms with Gasteiger partial charge in [0.1, 0.15) is 5.75 Å². The van der Waals surface area contributed by atoms with Gasteiger partial charge in [-0.05, 0) is 24.3 Å². The molecule has 0 unspecified atom stereocenters. The maximum absolute atomic E-state index is 7.44. The highest BCUT2D eigenvalue weighted by atomic mass is 35.5. The minimum Gasteiger partial charge on any atom is -0.497 e. The van der Waals surface area contributed by atoms with Gasteiger partial charge in [0.15, 0.2) is 5.82 Å². The first kappa shape index (κ1) is 16.8. The fraction of sp³-hybridized carbons (Fsp3) is 0.118. The van der Waals surface area contributed by atoms with Crippen LogP contribution in [-0.2, 0) is 7.05 Å². The van der Waals surface area contributed by atoms with Crippen molar-refractivity contribution in [1.29, 1.82) is 5.41 Å². The van der Waals surface area contributed by atoms with Crippen LogP contribution >= 0.6 is 11.6 Å². The van der Waals surface area contributed by atoms with Crippen LogP contribution in [-0.4, -0.2) is 28.1 Å². The Bertz CT molecular complexity index is 937. The van der Waals surface area contributed by atoms with E-state index in [1.165, 1.54) is 0 Å². The van der Waals surface area contributed by atoms with Crippen LogP contribution in [0.5, 0.6) is 5.75 Å². The largest absolute Gasteiger partial charge is 0.497 e. The van der Waals surface area contributed by atoms with E-state index in [-0.39, 0.29) is 0 Å². The van der Waals surface area contributed by atoms with Gasteiger partial charge in [-0.2, -0.15) is 4.98 Å². The molecule has 4 N–H and O–H groups in total. The molecule has 8 heteroatoms. The first-order chi connectivity index (χ1) is 12.0. The number of rotatable bonds is 5. The molecule has 0 fully saturated rings. The average Bonchev–Trinajstić information content (AvgIpc) is 2.99. The Morgan fingerprint density at radius 2 is 2.12 bits per heavy atom. The Kier molecular flexibility index (Phi) is 4.58. The van der Waals surface area contributed by atoms with Crippen LogP contribution in [0.4, 0.5) is 17.3 Å². The molecule has 0 atom stereocenters. The van der Waals surface area contributed by atoms with E-state index in [0.29, 0.717) is 33.7 Å². The molecule has 0 radical (unpaired) electrons. The molecule has 3 aromatic rings. The Balaban J connectivity index is 1.95. The third kappa shape index (κ3) is 3.27. The molecule has 0 aliphatic carbocycles. The van der Waals surface area contributed by atoms with Crippen LogP contribution in [0.1, 0.15) is 5.56 Å². The molecule has 2 aromatic carbocycles. The minimum absolute atomic E-state index is 0.362. The molecule has 0 bridgehead atoms. The summed E-state index contributed by atoms with van der Waals surface area (Å²) in [6, 6.07) is 10.9. The number of aromatic nitrogens is 3. The number of nitrogens with one attached hydrogen (secondary N) is 2. The van der Waals surface area contributed by atoms with Gasteiger partial charge < -0.3 is 21.2 Å². The molecule has 1 heterocycles. The van der Waals surface area contributed by atoms with E-state index in [9.17, 15) is 0 Å². The molecule has 1 aromatic heterocycles. The highest BCUT2D eigenvalue weighted by Crippen LogP contribution is 2.31. The molecule has 0 saturated heterocycles. The number of benzene rings is 2. The van der Waals surface area contributed by atoms with Gasteiger partial charge in [0.05, 0.1) is 17.8 Å². The van der Waals surface area contributed by atoms with Crippen molar-refractivity contribution in [1.82, 2.24) is 14.8 Å². The van der Waals surface area contributed by atoms with Gasteiger partial charge in [-0.3, -0.25) is 0 Å². The molecule has 7 nitrogen and oxygen atoms in total. The number of halogens is 1. The number of hydrogen-bond acceptors (Lipinski definition) is 6. The lowest BCUT2D eigenvalue weighted by atomic mass is 10.1. The number of nitrogens with two attached hydrogens (primary N) is 1. The number of ether oxygens (including phenoxy) is 1. The molecule has 128 valence electrons. The summed E-state index contributed by atoms with van der Waals surface area (Å²) in [6.07, 6.45) is 1.13. The lowest BCUT2D eigenvalue weighted by molar-refractivity contribution is 0.415. The lowest BCUT2D eigenvalue weighted by Gasteiger charge is -2.10. The van der Waals surface area contributed by atoms with E-state index in [4.69, 9.17) is 27.5 Å². The van der Waals surface area contributed by atoms with E-state index in [2.05, 4.69) is 15.4 Å². The lowest BCUT2D eigenvalue weighted by Crippen LogP contribution is -2.03. The maximum atomic E-state index is 7.44. The number of anilines is 3. The third-order valence-corrected chi connectivity index (χ3v) is 4.10. The van der Waals surface area contributed by atoms with Crippen molar-refractivity contribution in [3.8, 4) is 17.1 Å². The summed E-state index contributed by atoms with van der Waals surface area (Å²) in [5.74, 6) is 1.81. The zero-order chi connectivity index (χ0) is 18.0. The second-order valence-corrected chi connectivity index (χ2v) is 5.69. The number of nitrogens with zero attached hydrogens (tertiary/aromatic N) is 3. The van der Waals surface area contributed by atoms with Crippen LogP contribution in [0.2, 0.25) is 5.02 Å². The van der Waals surface area contributed by atoms with Crippen molar-refractivity contribution < 1.29 is 4.74 Å². The Labute approximate surface area is 149 Å². The molecule has 0 aliphatic rings. The first-order valence-electron chi connectivity index (χ1n) is 7.44. The molecular weight excluding hydrogens is 340 g/mol. The first-order valence-corrected chi connectivity index (χ1v) is 7.82. The Hall–Kier alpha value is -3.06. The van der Waals surface area contributed by atoms with E-state index < -0.39 is 0 Å². The van der Waals surface area contributed by atoms with Gasteiger partial charge in [-0.15, -0.1) is 5.10 Å². The number of hydrogen-bond donors (Lipinski definition) is 3. The van der Waals surface area contributed by atoms with Crippen LogP contribution < -0.4 is 15.8 Å². The van der Waals surface area contributed by atoms with Crippen LogP contribution in [0.3, 0.4) is 0 Å². The van der Waals surface area contributed by atoms with Crippen molar-refractivity contribution in [2.45, 2.75) is 0 Å². The highest BCUT2D eigenvalue weighted by molar-refractivity contribution is 6.36. The standard InChI is InChI=1S/C17H17ClN6O/c1-24-17(21-14-7-6-13(20)12(9-19)15(14)18)22-16(23-24)10-4-3-5-11(8-10)25-2/h3-9,19H,20H2,1-2H3,(H,21,22,23). The summed E-state index contributed by atoms with van der Waals surface area (Å²) in [5.41, 5.74) is 8.17. The van der Waals surface area contributed by atoms with E-state index in [1.54, 1.807) is 31.0 Å². The Morgan fingerprint density at radius 3 is 2.84 bits per heavy atom. The van der Waals surface area contributed by atoms with E-state index >= 15 is 0 Å². The number of aryl methyl sites for hydroxylation is 1. The van der Waals surface area contributed by atoms with Crippen molar-refractivity contribution in [3.05, 3.63) is 47.0 Å². The predicted octanol–water partition coefficient (Wildman–Crippen LogP) is 3.47.